The van der Waals surface area contributed by atoms with Crippen molar-refractivity contribution < 1.29 is 52.4 Å². The summed E-state index contributed by atoms with van der Waals surface area (Å²) < 4.78 is 157. The van der Waals surface area contributed by atoms with Crippen LogP contribution in [0.4, 0.5) is 35.1 Å². The van der Waals surface area contributed by atoms with E-state index in [1.54, 1.807) is 5.32 Å². The van der Waals surface area contributed by atoms with Crippen molar-refractivity contribution in [3.63, 3.8) is 0 Å². The SMILES string of the molecule is [2H]C([2H])([2H])NC(=O)CN1CC[C@@]2(S(=O)(=O)c3ccc(F)cc3)c3ccc(C(F)(C(F)(F)F)C(F)(F)F)cc3CC[C@@H]12. The number of hydrogen-bond donors (Lipinski definition) is 1. The lowest BCUT2D eigenvalue weighted by atomic mass is 9.77. The first kappa shape index (κ1) is 24.3. The number of carbonyl (C=O) groups is 1. The largest absolute Gasteiger partial charge is 0.435 e. The van der Waals surface area contributed by atoms with Gasteiger partial charge in [0.2, 0.25) is 5.91 Å². The van der Waals surface area contributed by atoms with Crippen molar-refractivity contribution in [3.8, 4) is 0 Å². The Labute approximate surface area is 216 Å². The van der Waals surface area contributed by atoms with E-state index in [9.17, 15) is 48.3 Å². The molecule has 2 aliphatic rings. The van der Waals surface area contributed by atoms with Crippen LogP contribution >= 0.6 is 0 Å². The van der Waals surface area contributed by atoms with Gasteiger partial charge in [-0.2, -0.15) is 26.3 Å². The van der Waals surface area contributed by atoms with Crippen LogP contribution in [0.15, 0.2) is 47.4 Å². The molecule has 208 valence electrons. The molecule has 2 atom stereocenters. The van der Waals surface area contributed by atoms with E-state index in [0.29, 0.717) is 6.07 Å². The zero-order valence-corrected chi connectivity index (χ0v) is 20.1. The Morgan fingerprint density at radius 2 is 1.71 bits per heavy atom. The van der Waals surface area contributed by atoms with Crippen LogP contribution in [-0.2, 0) is 31.5 Å². The fourth-order valence-electron chi connectivity index (χ4n) is 5.56. The smallest absolute Gasteiger partial charge is 0.358 e. The summed E-state index contributed by atoms with van der Waals surface area (Å²) in [7, 11) is -4.59. The van der Waals surface area contributed by atoms with Gasteiger partial charge < -0.3 is 5.32 Å². The fourth-order valence-corrected chi connectivity index (χ4v) is 7.95. The maximum absolute atomic E-state index is 14.8. The molecule has 14 heteroatoms. The number of likely N-dealkylation sites (N-methyl/N-ethyl adjacent to an activating group) is 1. The van der Waals surface area contributed by atoms with Crippen molar-refractivity contribution in [1.82, 2.24) is 10.2 Å². The van der Waals surface area contributed by atoms with E-state index in [0.717, 1.165) is 30.3 Å². The normalized spacial score (nSPS) is 24.1. The highest BCUT2D eigenvalue weighted by atomic mass is 32.2. The van der Waals surface area contributed by atoms with Crippen LogP contribution in [0.2, 0.25) is 0 Å². The lowest BCUT2D eigenvalue weighted by Crippen LogP contribution is -2.53. The van der Waals surface area contributed by atoms with Crippen LogP contribution in [0, 0.1) is 5.82 Å². The van der Waals surface area contributed by atoms with E-state index in [1.807, 2.05) is 0 Å². The van der Waals surface area contributed by atoms with Crippen LogP contribution in [0.3, 0.4) is 0 Å². The molecule has 2 aromatic rings. The van der Waals surface area contributed by atoms with Crippen molar-refractivity contribution in [3.05, 3.63) is 65.0 Å². The molecule has 1 amide bonds. The van der Waals surface area contributed by atoms with Gasteiger partial charge in [-0.05, 0) is 54.7 Å². The Hall–Kier alpha value is -2.74. The average molecular weight is 574 g/mol. The summed E-state index contributed by atoms with van der Waals surface area (Å²) >= 11 is 0. The predicted molar refractivity (Wildman–Crippen MR) is 119 cm³/mol. The van der Waals surface area contributed by atoms with Gasteiger partial charge in [0.1, 0.15) is 10.6 Å². The Balaban J connectivity index is 1.89. The molecule has 4 rings (SSSR count). The molecule has 1 aliphatic heterocycles. The van der Waals surface area contributed by atoms with Gasteiger partial charge in [-0.1, -0.05) is 18.2 Å². The summed E-state index contributed by atoms with van der Waals surface area (Å²) in [5.41, 5.74) is -7.96. The number of benzene rings is 2. The van der Waals surface area contributed by atoms with Gasteiger partial charge in [0.05, 0.1) is 11.4 Å². The topological polar surface area (TPSA) is 66.5 Å². The fraction of sp³-hybridized carbons (Fsp3) is 0.458. The molecule has 0 bridgehead atoms. The van der Waals surface area contributed by atoms with Crippen molar-refractivity contribution in [2.45, 2.75) is 53.0 Å². The third-order valence-electron chi connectivity index (χ3n) is 7.27. The highest BCUT2D eigenvalue weighted by Gasteiger charge is 2.73. The summed E-state index contributed by atoms with van der Waals surface area (Å²) in [4.78, 5) is 13.3. The molecule has 0 radical (unpaired) electrons. The molecular formula is C24H22F8N2O3S. The Bertz CT molecular complexity index is 1430. The van der Waals surface area contributed by atoms with E-state index in [2.05, 4.69) is 0 Å². The number of amides is 1. The molecule has 0 aromatic heterocycles. The molecule has 0 saturated carbocycles. The van der Waals surface area contributed by atoms with Crippen LogP contribution in [0.1, 0.15) is 33.6 Å². The van der Waals surface area contributed by atoms with Crippen molar-refractivity contribution in [2.24, 2.45) is 0 Å². The third-order valence-corrected chi connectivity index (χ3v) is 9.81. The van der Waals surface area contributed by atoms with Crippen LogP contribution < -0.4 is 5.32 Å². The number of hydrogen-bond acceptors (Lipinski definition) is 4. The van der Waals surface area contributed by atoms with E-state index in [1.165, 1.54) is 4.90 Å². The van der Waals surface area contributed by atoms with Gasteiger partial charge in [0, 0.05) is 29.2 Å². The highest BCUT2D eigenvalue weighted by molar-refractivity contribution is 7.92. The zero-order valence-electron chi connectivity index (χ0n) is 22.3. The van der Waals surface area contributed by atoms with Crippen LogP contribution in [-0.4, -0.2) is 57.7 Å². The molecule has 1 fully saturated rings. The maximum atomic E-state index is 14.8. The highest BCUT2D eigenvalue weighted by Crippen LogP contribution is 2.56. The molecule has 1 heterocycles. The second-order valence-corrected chi connectivity index (χ2v) is 11.4. The second kappa shape index (κ2) is 9.18. The summed E-state index contributed by atoms with van der Waals surface area (Å²) in [5, 5.41) is 1.78. The number of halogens is 8. The minimum atomic E-state index is -6.38. The summed E-state index contributed by atoms with van der Waals surface area (Å²) in [5.74, 6) is -1.75. The molecule has 0 spiro atoms. The first-order chi connectivity index (χ1) is 18.6. The minimum absolute atomic E-state index is 0.126. The molecule has 0 unspecified atom stereocenters. The van der Waals surface area contributed by atoms with Gasteiger partial charge >= 0.3 is 18.0 Å². The molecular weight excluding hydrogens is 548 g/mol. The number of aryl methyl sites for hydroxylation is 1. The van der Waals surface area contributed by atoms with Crippen molar-refractivity contribution in [2.75, 3.05) is 20.1 Å². The van der Waals surface area contributed by atoms with E-state index in [4.69, 9.17) is 4.11 Å². The van der Waals surface area contributed by atoms with Gasteiger partial charge in [-0.15, -0.1) is 0 Å². The minimum Gasteiger partial charge on any atom is -0.358 e. The maximum Gasteiger partial charge on any atom is 0.435 e. The first-order valence-corrected chi connectivity index (χ1v) is 12.6. The standard InChI is InChI=1S/C24H22F8N2O3S/c1-33-20(35)13-34-11-10-21(38(36,37)17-6-4-16(25)5-7-17)18-8-3-15(12-14(18)2-9-19(21)34)22(26,23(27,28)29)24(30,31)32/h3-8,12,19H,2,9-11,13H2,1H3,(H,33,35)/t19-,21-/m1/s1/i1D3. The summed E-state index contributed by atoms with van der Waals surface area (Å²) in [6.45, 7) is -3.55. The number of fused-ring (bicyclic) bond motifs is 3. The molecule has 1 N–H and O–H groups in total. The first-order valence-electron chi connectivity index (χ1n) is 12.7. The predicted octanol–water partition coefficient (Wildman–Crippen LogP) is 4.55. The van der Waals surface area contributed by atoms with Gasteiger partial charge in [-0.3, -0.25) is 9.69 Å². The van der Waals surface area contributed by atoms with Crippen molar-refractivity contribution >= 4 is 15.7 Å². The van der Waals surface area contributed by atoms with E-state index in [-0.39, 0.29) is 43.0 Å². The third kappa shape index (κ3) is 4.07. The van der Waals surface area contributed by atoms with Crippen molar-refractivity contribution in [1.29, 1.82) is 0 Å². The Morgan fingerprint density at radius 3 is 2.29 bits per heavy atom. The molecule has 5 nitrogen and oxygen atoms in total. The Kier molecular flexibility index (Phi) is 5.87. The number of rotatable bonds is 5. The van der Waals surface area contributed by atoms with Gasteiger partial charge in [0.15, 0.2) is 9.84 Å². The monoisotopic (exact) mass is 573 g/mol. The lowest BCUT2D eigenvalue weighted by molar-refractivity contribution is -0.348. The number of alkyl halides is 7. The van der Waals surface area contributed by atoms with E-state index >= 15 is 0 Å². The quantitative estimate of drug-likeness (QED) is 0.421. The molecule has 38 heavy (non-hydrogen) atoms. The van der Waals surface area contributed by atoms with Gasteiger partial charge in [0.25, 0.3) is 0 Å². The Morgan fingerprint density at radius 1 is 1.08 bits per heavy atom. The number of nitrogens with zero attached hydrogens (tertiary/aromatic N) is 1. The zero-order chi connectivity index (χ0) is 30.8. The average Bonchev–Trinajstić information content (AvgIpc) is 3.21. The molecule has 2 aromatic carbocycles. The van der Waals surface area contributed by atoms with Crippen LogP contribution in [0.25, 0.3) is 0 Å². The summed E-state index contributed by atoms with van der Waals surface area (Å²) in [6.07, 6.45) is -13.5. The number of likely N-dealkylation sites (tertiary alicyclic amines) is 1. The molecule has 1 saturated heterocycles. The van der Waals surface area contributed by atoms with Crippen LogP contribution in [0.5, 0.6) is 0 Å². The summed E-state index contributed by atoms with van der Waals surface area (Å²) in [6, 6.07) is 3.84. The molecule has 1 aliphatic carbocycles. The number of carbonyl (C=O) groups excluding carboxylic acids is 1. The number of nitrogens with one attached hydrogen (secondary N) is 1. The second-order valence-electron chi connectivity index (χ2n) is 9.20. The number of sulfone groups is 1. The lowest BCUT2D eigenvalue weighted by Gasteiger charge is -2.43. The van der Waals surface area contributed by atoms with Gasteiger partial charge in [-0.25, -0.2) is 17.2 Å². The van der Waals surface area contributed by atoms with E-state index < -0.39 is 74.4 Å².